The van der Waals surface area contributed by atoms with Crippen LogP contribution in [0.2, 0.25) is 0 Å². The third kappa shape index (κ3) is 15.1. The molecule has 0 aliphatic heterocycles. The maximum Gasteiger partial charge on any atom is 0.306 e. The fourth-order valence-electron chi connectivity index (χ4n) is 3.06. The van der Waals surface area contributed by atoms with Gasteiger partial charge in [0.05, 0.1) is 0 Å². The van der Waals surface area contributed by atoms with Crippen LogP contribution in [0.5, 0.6) is 0 Å². The van der Waals surface area contributed by atoms with E-state index in [1.165, 1.54) is 64.2 Å². The van der Waals surface area contributed by atoms with Crippen molar-refractivity contribution < 1.29 is 9.53 Å². The van der Waals surface area contributed by atoms with E-state index in [4.69, 9.17) is 4.74 Å². The first-order chi connectivity index (χ1) is 13.3. The Hall–Kier alpha value is -1.64. The zero-order chi connectivity index (χ0) is 19.4. The number of unbranched alkanes of at least 4 members (excludes halogenated alkanes) is 11. The number of pyridine rings is 1. The molecule has 0 amide bonds. The molecule has 0 spiro atoms. The van der Waals surface area contributed by atoms with Gasteiger partial charge in [-0.3, -0.25) is 9.78 Å². The van der Waals surface area contributed by atoms with Crippen LogP contribution in [-0.4, -0.2) is 11.0 Å². The Labute approximate surface area is 166 Å². The lowest BCUT2D eigenvalue weighted by Crippen LogP contribution is -2.04. The van der Waals surface area contributed by atoms with Crippen molar-refractivity contribution in [2.75, 3.05) is 0 Å². The Bertz CT molecular complexity index is 484. The quantitative estimate of drug-likeness (QED) is 0.165. The molecule has 0 unspecified atom stereocenters. The molecule has 3 nitrogen and oxygen atoms in total. The van der Waals surface area contributed by atoms with Gasteiger partial charge in [-0.2, -0.15) is 0 Å². The van der Waals surface area contributed by atoms with Gasteiger partial charge in [-0.15, -0.1) is 0 Å². The Balaban J connectivity index is 1.83. The molecular formula is C24H39NO2. The lowest BCUT2D eigenvalue weighted by Gasteiger charge is -2.04. The number of hydrogen-bond donors (Lipinski definition) is 0. The van der Waals surface area contributed by atoms with Gasteiger partial charge in [-0.05, 0) is 38.2 Å². The fraction of sp³-hybridized carbons (Fsp3) is 0.667. The average Bonchev–Trinajstić information content (AvgIpc) is 2.70. The summed E-state index contributed by atoms with van der Waals surface area (Å²) >= 11 is 0. The first kappa shape index (κ1) is 23.4. The number of aromatic nitrogens is 1. The Morgan fingerprint density at radius 3 is 2.19 bits per heavy atom. The molecular weight excluding hydrogens is 334 g/mol. The highest BCUT2D eigenvalue weighted by Crippen LogP contribution is 2.11. The smallest absolute Gasteiger partial charge is 0.306 e. The van der Waals surface area contributed by atoms with Gasteiger partial charge in [-0.1, -0.05) is 76.5 Å². The summed E-state index contributed by atoms with van der Waals surface area (Å²) in [5, 5.41) is 0. The molecule has 1 aromatic heterocycles. The van der Waals surface area contributed by atoms with Crippen molar-refractivity contribution in [3.8, 4) is 0 Å². The molecule has 0 fully saturated rings. The summed E-state index contributed by atoms with van der Waals surface area (Å²) in [6.07, 6.45) is 25.2. The van der Waals surface area contributed by atoms with E-state index in [-0.39, 0.29) is 5.97 Å². The van der Waals surface area contributed by atoms with Crippen LogP contribution < -0.4 is 0 Å². The highest BCUT2D eigenvalue weighted by atomic mass is 16.5. The summed E-state index contributed by atoms with van der Waals surface area (Å²) in [6, 6.07) is 3.77. The van der Waals surface area contributed by atoms with Crippen molar-refractivity contribution >= 4 is 5.97 Å². The second-order valence-electron chi connectivity index (χ2n) is 7.36. The van der Waals surface area contributed by atoms with Crippen molar-refractivity contribution in [3.05, 3.63) is 42.2 Å². The molecule has 1 rings (SSSR count). The molecule has 152 valence electrons. The van der Waals surface area contributed by atoms with E-state index in [1.54, 1.807) is 12.4 Å². The second kappa shape index (κ2) is 17.8. The Morgan fingerprint density at radius 1 is 0.926 bits per heavy atom. The molecule has 0 aliphatic rings. The Morgan fingerprint density at radius 2 is 1.56 bits per heavy atom. The molecule has 0 N–H and O–H groups in total. The number of esters is 1. The first-order valence-corrected chi connectivity index (χ1v) is 11.0. The predicted molar refractivity (Wildman–Crippen MR) is 113 cm³/mol. The Kier molecular flexibility index (Phi) is 15.4. The van der Waals surface area contributed by atoms with E-state index in [1.807, 2.05) is 12.1 Å². The van der Waals surface area contributed by atoms with Gasteiger partial charge >= 0.3 is 5.97 Å². The van der Waals surface area contributed by atoms with Gasteiger partial charge in [-0.25, -0.2) is 0 Å². The third-order valence-electron chi connectivity index (χ3n) is 4.77. The van der Waals surface area contributed by atoms with E-state index in [0.717, 1.165) is 24.8 Å². The molecule has 1 aromatic rings. The van der Waals surface area contributed by atoms with Gasteiger partial charge < -0.3 is 4.74 Å². The summed E-state index contributed by atoms with van der Waals surface area (Å²) < 4.78 is 5.25. The molecule has 1 heterocycles. The van der Waals surface area contributed by atoms with E-state index in [2.05, 4.69) is 24.1 Å². The van der Waals surface area contributed by atoms with Gasteiger partial charge in [0, 0.05) is 24.4 Å². The molecule has 0 aliphatic carbocycles. The average molecular weight is 374 g/mol. The molecule has 0 atom stereocenters. The lowest BCUT2D eigenvalue weighted by molar-refractivity contribution is -0.145. The van der Waals surface area contributed by atoms with Crippen LogP contribution in [0.3, 0.4) is 0 Å². The number of hydrogen-bond acceptors (Lipinski definition) is 3. The number of carbonyl (C=O) groups is 1. The zero-order valence-corrected chi connectivity index (χ0v) is 17.3. The maximum atomic E-state index is 11.7. The van der Waals surface area contributed by atoms with E-state index in [9.17, 15) is 4.79 Å². The molecule has 0 saturated carbocycles. The topological polar surface area (TPSA) is 39.2 Å². The second-order valence-corrected chi connectivity index (χ2v) is 7.36. The summed E-state index contributed by atoms with van der Waals surface area (Å²) in [5.74, 6) is -0.113. The van der Waals surface area contributed by atoms with Crippen LogP contribution in [0.1, 0.15) is 102 Å². The number of carbonyl (C=O) groups excluding carboxylic acids is 1. The molecule has 27 heavy (non-hydrogen) atoms. The number of nitrogens with zero attached hydrogens (tertiary/aromatic N) is 1. The van der Waals surface area contributed by atoms with Crippen molar-refractivity contribution in [3.63, 3.8) is 0 Å². The monoisotopic (exact) mass is 373 g/mol. The largest absolute Gasteiger partial charge is 0.461 e. The van der Waals surface area contributed by atoms with Crippen LogP contribution in [0.4, 0.5) is 0 Å². The van der Waals surface area contributed by atoms with Gasteiger partial charge in [0.1, 0.15) is 6.61 Å². The minimum Gasteiger partial charge on any atom is -0.461 e. The minimum absolute atomic E-state index is 0.113. The summed E-state index contributed by atoms with van der Waals surface area (Å²) in [5.41, 5.74) is 0.935. The minimum atomic E-state index is -0.113. The third-order valence-corrected chi connectivity index (χ3v) is 4.77. The van der Waals surface area contributed by atoms with Gasteiger partial charge in [0.15, 0.2) is 0 Å². The normalized spacial score (nSPS) is 11.1. The summed E-state index contributed by atoms with van der Waals surface area (Å²) in [4.78, 5) is 15.7. The van der Waals surface area contributed by atoms with Crippen molar-refractivity contribution in [1.82, 2.24) is 4.98 Å². The standard InChI is InChI=1S/C24H39NO2/c1-2-3-4-5-6-7-8-9-10-11-12-13-14-15-16-19-24(26)27-22-23-18-17-20-25-21-23/h12-13,17-18,20-21H,2-11,14-16,19,22H2,1H3/b13-12-. The van der Waals surface area contributed by atoms with E-state index < -0.39 is 0 Å². The number of ether oxygens (including phenoxy) is 1. The summed E-state index contributed by atoms with van der Waals surface area (Å²) in [7, 11) is 0. The highest BCUT2D eigenvalue weighted by Gasteiger charge is 2.02. The lowest BCUT2D eigenvalue weighted by atomic mass is 10.1. The van der Waals surface area contributed by atoms with E-state index >= 15 is 0 Å². The molecule has 0 bridgehead atoms. The van der Waals surface area contributed by atoms with Crippen LogP contribution in [0.15, 0.2) is 36.7 Å². The van der Waals surface area contributed by atoms with Crippen molar-refractivity contribution in [1.29, 1.82) is 0 Å². The van der Waals surface area contributed by atoms with E-state index in [0.29, 0.717) is 13.0 Å². The molecule has 0 saturated heterocycles. The van der Waals surface area contributed by atoms with Crippen LogP contribution >= 0.6 is 0 Å². The molecule has 0 aromatic carbocycles. The maximum absolute atomic E-state index is 11.7. The summed E-state index contributed by atoms with van der Waals surface area (Å²) in [6.45, 7) is 2.60. The van der Waals surface area contributed by atoms with Gasteiger partial charge in [0.25, 0.3) is 0 Å². The van der Waals surface area contributed by atoms with Gasteiger partial charge in [0.2, 0.25) is 0 Å². The number of allylic oxidation sites excluding steroid dienone is 2. The molecule has 3 heteroatoms. The van der Waals surface area contributed by atoms with Crippen LogP contribution in [-0.2, 0) is 16.1 Å². The highest BCUT2D eigenvalue weighted by molar-refractivity contribution is 5.69. The molecule has 0 radical (unpaired) electrons. The first-order valence-electron chi connectivity index (χ1n) is 11.0. The zero-order valence-electron chi connectivity index (χ0n) is 17.3. The SMILES string of the molecule is CCCCCCCCCCC/C=C\CCCCC(=O)OCc1cccnc1. The predicted octanol–water partition coefficient (Wildman–Crippen LogP) is 7.16. The van der Waals surface area contributed by atoms with Crippen molar-refractivity contribution in [2.45, 2.75) is 103 Å². The number of rotatable bonds is 17. The fourth-order valence-corrected chi connectivity index (χ4v) is 3.06. The van der Waals surface area contributed by atoms with Crippen LogP contribution in [0, 0.1) is 0 Å². The van der Waals surface area contributed by atoms with Crippen molar-refractivity contribution in [2.24, 2.45) is 0 Å². The van der Waals surface area contributed by atoms with Crippen LogP contribution in [0.25, 0.3) is 0 Å².